The molecule has 0 aliphatic carbocycles. The summed E-state index contributed by atoms with van der Waals surface area (Å²) in [5.74, 6) is 0.276. The Morgan fingerprint density at radius 3 is 2.70 bits per heavy atom. The minimum Gasteiger partial charge on any atom is -0.496 e. The molecule has 6 heteroatoms. The van der Waals surface area contributed by atoms with Gasteiger partial charge in [-0.3, -0.25) is 4.79 Å². The predicted octanol–water partition coefficient (Wildman–Crippen LogP) is 1.75. The van der Waals surface area contributed by atoms with Crippen LogP contribution in [0, 0.1) is 0 Å². The fourth-order valence-corrected chi connectivity index (χ4v) is 1.91. The first kappa shape index (κ1) is 14.0. The third-order valence-electron chi connectivity index (χ3n) is 3.40. The molecule has 0 aromatic heterocycles. The monoisotopic (exact) mass is 275 g/mol. The van der Waals surface area contributed by atoms with Crippen molar-refractivity contribution in [2.24, 2.45) is 5.10 Å². The number of para-hydroxylation sites is 1. The van der Waals surface area contributed by atoms with E-state index in [1.54, 1.807) is 26.2 Å². The summed E-state index contributed by atoms with van der Waals surface area (Å²) in [6, 6.07) is 6.72. The molecular formula is C14H17N3O3. The van der Waals surface area contributed by atoms with Crippen molar-refractivity contribution in [3.8, 4) is 5.75 Å². The number of benzene rings is 1. The zero-order valence-electron chi connectivity index (χ0n) is 11.7. The predicted molar refractivity (Wildman–Crippen MR) is 74.7 cm³/mol. The number of nitrogens with zero attached hydrogens (tertiary/aromatic N) is 2. The van der Waals surface area contributed by atoms with Crippen LogP contribution in [0.1, 0.15) is 25.8 Å². The number of carbonyl (C=O) groups is 2. The third-order valence-corrected chi connectivity index (χ3v) is 3.40. The average Bonchev–Trinajstić information content (AvgIpc) is 2.68. The summed E-state index contributed by atoms with van der Waals surface area (Å²) in [6.07, 6.45) is 1.95. The van der Waals surface area contributed by atoms with E-state index in [4.69, 9.17) is 4.74 Å². The smallest absolute Gasteiger partial charge is 0.346 e. The second-order valence-corrected chi connectivity index (χ2v) is 4.72. The molecule has 1 aliphatic rings. The highest BCUT2D eigenvalue weighted by Gasteiger charge is 2.46. The van der Waals surface area contributed by atoms with Gasteiger partial charge in [-0.05, 0) is 25.5 Å². The van der Waals surface area contributed by atoms with Gasteiger partial charge in [0.25, 0.3) is 5.91 Å². The minimum atomic E-state index is -0.880. The molecule has 1 aliphatic heterocycles. The van der Waals surface area contributed by atoms with E-state index in [2.05, 4.69) is 10.4 Å². The zero-order chi connectivity index (χ0) is 14.8. The molecule has 6 nitrogen and oxygen atoms in total. The molecule has 20 heavy (non-hydrogen) atoms. The van der Waals surface area contributed by atoms with E-state index in [0.29, 0.717) is 17.7 Å². The van der Waals surface area contributed by atoms with Gasteiger partial charge in [0.1, 0.15) is 11.3 Å². The zero-order valence-corrected chi connectivity index (χ0v) is 11.7. The summed E-state index contributed by atoms with van der Waals surface area (Å²) in [5, 5.41) is 7.47. The quantitative estimate of drug-likeness (QED) is 0.672. The minimum absolute atomic E-state index is 0.351. The second kappa shape index (κ2) is 5.32. The highest BCUT2D eigenvalue weighted by Crippen LogP contribution is 2.21. The van der Waals surface area contributed by atoms with Crippen molar-refractivity contribution in [3.63, 3.8) is 0 Å². The van der Waals surface area contributed by atoms with Gasteiger partial charge in [-0.2, -0.15) is 5.10 Å². The number of ether oxygens (including phenoxy) is 1. The van der Waals surface area contributed by atoms with Gasteiger partial charge in [-0.15, -0.1) is 5.01 Å². The molecule has 1 unspecified atom stereocenters. The molecule has 1 aromatic carbocycles. The van der Waals surface area contributed by atoms with E-state index in [1.165, 1.54) is 6.21 Å². The summed E-state index contributed by atoms with van der Waals surface area (Å²) in [7, 11) is 1.55. The summed E-state index contributed by atoms with van der Waals surface area (Å²) in [4.78, 5) is 23.9. The van der Waals surface area contributed by atoms with Crippen molar-refractivity contribution in [2.45, 2.75) is 25.8 Å². The first-order chi connectivity index (χ1) is 9.51. The Bertz CT molecular complexity index is 571. The van der Waals surface area contributed by atoms with Crippen LogP contribution in [-0.4, -0.2) is 35.8 Å². The number of hydrogen-bond donors (Lipinski definition) is 1. The Morgan fingerprint density at radius 1 is 1.40 bits per heavy atom. The van der Waals surface area contributed by atoms with E-state index in [-0.39, 0.29) is 5.91 Å². The number of imide groups is 1. The topological polar surface area (TPSA) is 71.0 Å². The van der Waals surface area contributed by atoms with Crippen LogP contribution in [0.2, 0.25) is 0 Å². The van der Waals surface area contributed by atoms with Gasteiger partial charge in [0.05, 0.1) is 13.3 Å². The summed E-state index contributed by atoms with van der Waals surface area (Å²) >= 11 is 0. The number of nitrogens with one attached hydrogen (secondary N) is 1. The Hall–Kier alpha value is -2.37. The van der Waals surface area contributed by atoms with Gasteiger partial charge < -0.3 is 10.1 Å². The molecule has 3 amide bonds. The molecule has 0 bridgehead atoms. The van der Waals surface area contributed by atoms with Crippen LogP contribution in [0.4, 0.5) is 4.79 Å². The number of carbonyl (C=O) groups excluding carboxylic acids is 2. The number of rotatable bonds is 4. The van der Waals surface area contributed by atoms with Crippen molar-refractivity contribution in [1.29, 1.82) is 0 Å². The molecule has 0 saturated carbocycles. The molecule has 1 fully saturated rings. The average molecular weight is 275 g/mol. The third kappa shape index (κ3) is 2.36. The molecule has 1 atom stereocenters. The van der Waals surface area contributed by atoms with E-state index < -0.39 is 11.6 Å². The summed E-state index contributed by atoms with van der Waals surface area (Å²) in [5.41, 5.74) is -0.185. The maximum absolute atomic E-state index is 12.1. The number of amides is 3. The van der Waals surface area contributed by atoms with Crippen molar-refractivity contribution >= 4 is 18.2 Å². The van der Waals surface area contributed by atoms with Gasteiger partial charge >= 0.3 is 6.03 Å². The van der Waals surface area contributed by atoms with Crippen molar-refractivity contribution in [1.82, 2.24) is 10.3 Å². The summed E-state index contributed by atoms with van der Waals surface area (Å²) < 4.78 is 5.18. The van der Waals surface area contributed by atoms with Gasteiger partial charge in [0, 0.05) is 5.56 Å². The lowest BCUT2D eigenvalue weighted by Gasteiger charge is -2.17. The second-order valence-electron chi connectivity index (χ2n) is 4.72. The molecule has 106 valence electrons. The lowest BCUT2D eigenvalue weighted by Crippen LogP contribution is -2.42. The van der Waals surface area contributed by atoms with Gasteiger partial charge in [0.2, 0.25) is 0 Å². The molecule has 1 aromatic rings. The fraction of sp³-hybridized carbons (Fsp3) is 0.357. The lowest BCUT2D eigenvalue weighted by molar-refractivity contribution is -0.130. The maximum Gasteiger partial charge on any atom is 0.346 e. The number of hydrazone groups is 1. The number of urea groups is 1. The molecule has 1 N–H and O–H groups in total. The summed E-state index contributed by atoms with van der Waals surface area (Å²) in [6.45, 7) is 3.53. The van der Waals surface area contributed by atoms with Crippen molar-refractivity contribution in [2.75, 3.05) is 7.11 Å². The van der Waals surface area contributed by atoms with Crippen molar-refractivity contribution in [3.05, 3.63) is 29.8 Å². The molecule has 1 saturated heterocycles. The Morgan fingerprint density at radius 2 is 2.10 bits per heavy atom. The first-order valence-electron chi connectivity index (χ1n) is 6.35. The highest BCUT2D eigenvalue weighted by atomic mass is 16.5. The van der Waals surface area contributed by atoms with E-state index >= 15 is 0 Å². The van der Waals surface area contributed by atoms with Crippen LogP contribution in [0.3, 0.4) is 0 Å². The van der Waals surface area contributed by atoms with Crippen molar-refractivity contribution < 1.29 is 14.3 Å². The first-order valence-corrected chi connectivity index (χ1v) is 6.35. The van der Waals surface area contributed by atoms with Crippen LogP contribution >= 0.6 is 0 Å². The number of hydrogen-bond acceptors (Lipinski definition) is 4. The maximum atomic E-state index is 12.1. The molecule has 0 spiro atoms. The highest BCUT2D eigenvalue weighted by molar-refractivity contribution is 6.07. The molecule has 1 heterocycles. The lowest BCUT2D eigenvalue weighted by atomic mass is 10.00. The van der Waals surface area contributed by atoms with Crippen LogP contribution < -0.4 is 10.1 Å². The van der Waals surface area contributed by atoms with Crippen LogP contribution in [0.5, 0.6) is 5.75 Å². The standard InChI is InChI=1S/C14H17N3O3/c1-4-14(2)12(18)17(13(19)16-14)15-9-10-7-5-6-8-11(10)20-3/h5-9H,4H2,1-3H3,(H,16,19)/b15-9+. The Kier molecular flexibility index (Phi) is 3.74. The number of methoxy groups -OCH3 is 1. The Labute approximate surface area is 117 Å². The fourth-order valence-electron chi connectivity index (χ4n) is 1.91. The molecule has 0 radical (unpaired) electrons. The van der Waals surface area contributed by atoms with Gasteiger partial charge in [-0.1, -0.05) is 19.1 Å². The molecule has 2 rings (SSSR count). The molecular weight excluding hydrogens is 258 g/mol. The van der Waals surface area contributed by atoms with Gasteiger partial charge in [0.15, 0.2) is 0 Å². The van der Waals surface area contributed by atoms with E-state index in [1.807, 2.05) is 19.1 Å². The largest absolute Gasteiger partial charge is 0.496 e. The SMILES string of the molecule is CCC1(C)NC(=O)N(/N=C/c2ccccc2OC)C1=O. The normalized spacial score (nSPS) is 22.4. The van der Waals surface area contributed by atoms with Crippen LogP contribution in [0.15, 0.2) is 29.4 Å². The Balaban J connectivity index is 2.24. The van der Waals surface area contributed by atoms with E-state index in [9.17, 15) is 9.59 Å². The van der Waals surface area contributed by atoms with Crippen LogP contribution in [0.25, 0.3) is 0 Å². The van der Waals surface area contributed by atoms with E-state index in [0.717, 1.165) is 5.01 Å². The van der Waals surface area contributed by atoms with Gasteiger partial charge in [-0.25, -0.2) is 4.79 Å². The van der Waals surface area contributed by atoms with Crippen LogP contribution in [-0.2, 0) is 4.79 Å².